The summed E-state index contributed by atoms with van der Waals surface area (Å²) in [5, 5.41) is 5.90. The number of benzene rings is 2. The molecule has 1 saturated heterocycles. The highest BCUT2D eigenvalue weighted by Gasteiger charge is 2.54. The van der Waals surface area contributed by atoms with Gasteiger partial charge >= 0.3 is 0 Å². The third-order valence-corrected chi connectivity index (χ3v) is 11.6. The van der Waals surface area contributed by atoms with Crippen molar-refractivity contribution in [2.24, 2.45) is 0 Å². The lowest BCUT2D eigenvalue weighted by atomic mass is 10.1. The smallest absolute Gasteiger partial charge is 0.261 e. The molecule has 2 aliphatic rings. The van der Waals surface area contributed by atoms with Crippen LogP contribution in [0.25, 0.3) is 0 Å². The first-order chi connectivity index (χ1) is 14.4. The predicted octanol–water partition coefficient (Wildman–Crippen LogP) is 3.81. The maximum Gasteiger partial charge on any atom is 0.261 e. The monoisotopic (exact) mass is 427 g/mol. The van der Waals surface area contributed by atoms with Crippen LogP contribution < -0.4 is 15.7 Å². The molecule has 2 fully saturated rings. The van der Waals surface area contributed by atoms with Gasteiger partial charge < -0.3 is 14.5 Å². The molecule has 0 aromatic heterocycles. The first-order valence-corrected chi connectivity index (χ1v) is 13.0. The SMILES string of the molecule is CC(C)(C)[Si](OC[C@@H](NC1CCOC1)C1(F)CC1)(c1ccccc1)c1ccccc1. The Bertz CT molecular complexity index is 775. The zero-order valence-corrected chi connectivity index (χ0v) is 19.4. The second kappa shape index (κ2) is 8.54. The van der Waals surface area contributed by atoms with E-state index in [2.05, 4.69) is 74.6 Å². The van der Waals surface area contributed by atoms with Crippen LogP contribution in [0.2, 0.25) is 5.04 Å². The fourth-order valence-corrected chi connectivity index (χ4v) is 9.31. The van der Waals surface area contributed by atoms with Crippen LogP contribution in [0.5, 0.6) is 0 Å². The molecule has 2 aromatic carbocycles. The van der Waals surface area contributed by atoms with E-state index in [1.807, 2.05) is 12.1 Å². The Morgan fingerprint density at radius 1 is 1.07 bits per heavy atom. The summed E-state index contributed by atoms with van der Waals surface area (Å²) >= 11 is 0. The molecule has 1 heterocycles. The van der Waals surface area contributed by atoms with Gasteiger partial charge in [0, 0.05) is 12.6 Å². The maximum absolute atomic E-state index is 15.3. The van der Waals surface area contributed by atoms with Crippen molar-refractivity contribution in [2.75, 3.05) is 19.8 Å². The molecule has 1 aliphatic heterocycles. The van der Waals surface area contributed by atoms with Gasteiger partial charge in [0.25, 0.3) is 8.32 Å². The van der Waals surface area contributed by atoms with Crippen LogP contribution in [0.15, 0.2) is 60.7 Å². The third-order valence-electron chi connectivity index (χ3n) is 6.60. The van der Waals surface area contributed by atoms with E-state index in [1.54, 1.807) is 0 Å². The van der Waals surface area contributed by atoms with Crippen molar-refractivity contribution in [3.8, 4) is 0 Å². The zero-order chi connectivity index (χ0) is 21.2. The van der Waals surface area contributed by atoms with E-state index in [1.165, 1.54) is 10.4 Å². The molecule has 162 valence electrons. The molecule has 0 bridgehead atoms. The number of ether oxygens (including phenoxy) is 1. The fourth-order valence-electron chi connectivity index (χ4n) is 4.74. The Labute approximate surface area is 181 Å². The van der Waals surface area contributed by atoms with Crippen LogP contribution in [-0.2, 0) is 9.16 Å². The van der Waals surface area contributed by atoms with Gasteiger partial charge in [-0.2, -0.15) is 0 Å². The van der Waals surface area contributed by atoms with E-state index >= 15 is 4.39 Å². The minimum Gasteiger partial charge on any atom is -0.406 e. The quantitative estimate of drug-likeness (QED) is 0.650. The summed E-state index contributed by atoms with van der Waals surface area (Å²) in [4.78, 5) is 0. The molecular weight excluding hydrogens is 393 g/mol. The number of nitrogens with one attached hydrogen (secondary N) is 1. The molecule has 1 N–H and O–H groups in total. The van der Waals surface area contributed by atoms with Gasteiger partial charge in [0.05, 0.1) is 19.3 Å². The Hall–Kier alpha value is -1.53. The summed E-state index contributed by atoms with van der Waals surface area (Å²) in [6.45, 7) is 8.56. The maximum atomic E-state index is 15.3. The average Bonchev–Trinajstić information content (AvgIpc) is 3.27. The van der Waals surface area contributed by atoms with Crippen LogP contribution in [-0.4, -0.2) is 45.9 Å². The van der Waals surface area contributed by atoms with Crippen LogP contribution in [0.1, 0.15) is 40.0 Å². The predicted molar refractivity (Wildman–Crippen MR) is 123 cm³/mol. The number of rotatable bonds is 8. The van der Waals surface area contributed by atoms with Gasteiger partial charge in [-0.1, -0.05) is 81.4 Å². The van der Waals surface area contributed by atoms with Crippen molar-refractivity contribution in [1.29, 1.82) is 0 Å². The average molecular weight is 428 g/mol. The normalized spacial score (nSPS) is 22.1. The fraction of sp³-hybridized carbons (Fsp3) is 0.520. The molecule has 1 unspecified atom stereocenters. The first-order valence-electron chi connectivity index (χ1n) is 11.1. The Morgan fingerprint density at radius 2 is 1.63 bits per heavy atom. The highest BCUT2D eigenvalue weighted by atomic mass is 28.4. The van der Waals surface area contributed by atoms with Crippen LogP contribution >= 0.6 is 0 Å². The van der Waals surface area contributed by atoms with E-state index in [4.69, 9.17) is 9.16 Å². The summed E-state index contributed by atoms with van der Waals surface area (Å²) in [5.74, 6) is 0. The van der Waals surface area contributed by atoms with Crippen molar-refractivity contribution in [3.63, 3.8) is 0 Å². The lowest BCUT2D eigenvalue weighted by Crippen LogP contribution is -2.68. The molecule has 5 heteroatoms. The number of halogens is 1. The molecule has 2 atom stereocenters. The van der Waals surface area contributed by atoms with Gasteiger partial charge in [-0.15, -0.1) is 0 Å². The van der Waals surface area contributed by atoms with Gasteiger partial charge in [0.1, 0.15) is 5.67 Å². The van der Waals surface area contributed by atoms with E-state index in [0.717, 1.165) is 13.0 Å². The standard InChI is InChI=1S/C25H34FNO2Si/c1-24(2,3)30(21-10-6-4-7-11-21,22-12-8-5-9-13-22)29-19-23(25(26)15-16-25)27-20-14-17-28-18-20/h4-13,20,23,27H,14-19H2,1-3H3/t20?,23-/m1/s1. The topological polar surface area (TPSA) is 30.5 Å². The Balaban J connectivity index is 1.69. The Morgan fingerprint density at radius 3 is 2.07 bits per heavy atom. The van der Waals surface area contributed by atoms with Crippen molar-refractivity contribution >= 4 is 18.7 Å². The minimum absolute atomic E-state index is 0.107. The first kappa shape index (κ1) is 21.7. The molecule has 0 spiro atoms. The highest BCUT2D eigenvalue weighted by molar-refractivity contribution is 6.99. The molecule has 0 amide bonds. The molecule has 3 nitrogen and oxygen atoms in total. The second-order valence-electron chi connectivity index (χ2n) is 9.79. The summed E-state index contributed by atoms with van der Waals surface area (Å²) in [5.41, 5.74) is -1.16. The Kier molecular flexibility index (Phi) is 6.17. The van der Waals surface area contributed by atoms with Gasteiger partial charge in [-0.25, -0.2) is 4.39 Å². The van der Waals surface area contributed by atoms with E-state index in [9.17, 15) is 0 Å². The number of alkyl halides is 1. The number of hydrogen-bond acceptors (Lipinski definition) is 3. The van der Waals surface area contributed by atoms with Crippen molar-refractivity contribution in [3.05, 3.63) is 60.7 Å². The molecule has 1 saturated carbocycles. The summed E-state index contributed by atoms with van der Waals surface area (Å²) in [6, 6.07) is 21.0. The summed E-state index contributed by atoms with van der Waals surface area (Å²) < 4.78 is 27.8. The minimum atomic E-state index is -2.66. The van der Waals surface area contributed by atoms with Crippen LogP contribution in [0.4, 0.5) is 4.39 Å². The zero-order valence-electron chi connectivity index (χ0n) is 18.4. The largest absolute Gasteiger partial charge is 0.406 e. The highest BCUT2D eigenvalue weighted by Crippen LogP contribution is 2.44. The summed E-state index contributed by atoms with van der Waals surface area (Å²) in [6.07, 6.45) is 2.16. The van der Waals surface area contributed by atoms with Crippen molar-refractivity contribution < 1.29 is 13.6 Å². The molecule has 1 aliphatic carbocycles. The third kappa shape index (κ3) is 4.26. The van der Waals surface area contributed by atoms with Crippen molar-refractivity contribution in [1.82, 2.24) is 5.32 Å². The second-order valence-corrected chi connectivity index (χ2v) is 14.1. The van der Waals surface area contributed by atoms with Crippen LogP contribution in [0, 0.1) is 0 Å². The molecule has 0 radical (unpaired) electrons. The van der Waals surface area contributed by atoms with Gasteiger partial charge in [0.15, 0.2) is 0 Å². The van der Waals surface area contributed by atoms with Crippen molar-refractivity contribution in [2.45, 2.75) is 62.8 Å². The lowest BCUT2D eigenvalue weighted by Gasteiger charge is -2.44. The lowest BCUT2D eigenvalue weighted by molar-refractivity contribution is 0.135. The van der Waals surface area contributed by atoms with E-state index in [0.29, 0.717) is 26.1 Å². The van der Waals surface area contributed by atoms with E-state index in [-0.39, 0.29) is 17.1 Å². The molecule has 2 aromatic rings. The number of hydrogen-bond donors (Lipinski definition) is 1. The molecule has 4 rings (SSSR count). The van der Waals surface area contributed by atoms with Gasteiger partial charge in [-0.3, -0.25) is 0 Å². The van der Waals surface area contributed by atoms with Gasteiger partial charge in [0.2, 0.25) is 0 Å². The molecular formula is C25H34FNO2Si. The van der Waals surface area contributed by atoms with Crippen LogP contribution in [0.3, 0.4) is 0 Å². The van der Waals surface area contributed by atoms with Gasteiger partial charge in [-0.05, 0) is 34.7 Å². The molecule has 30 heavy (non-hydrogen) atoms. The summed E-state index contributed by atoms with van der Waals surface area (Å²) in [7, 11) is -2.66. The van der Waals surface area contributed by atoms with E-state index < -0.39 is 14.0 Å².